The first-order chi connectivity index (χ1) is 12.7. The highest BCUT2D eigenvalue weighted by molar-refractivity contribution is 6.01. The molecule has 0 bridgehead atoms. The van der Waals surface area contributed by atoms with Crippen LogP contribution in [0.3, 0.4) is 0 Å². The van der Waals surface area contributed by atoms with Crippen LogP contribution in [0.15, 0.2) is 60.7 Å². The number of carbonyl (C=O) groups is 1. The molecule has 3 aromatic carbocycles. The third-order valence-corrected chi connectivity index (χ3v) is 4.01. The van der Waals surface area contributed by atoms with Gasteiger partial charge in [0.1, 0.15) is 23.9 Å². The second kappa shape index (κ2) is 8.25. The van der Waals surface area contributed by atoms with Crippen LogP contribution in [0.1, 0.15) is 10.4 Å². The lowest BCUT2D eigenvalue weighted by Crippen LogP contribution is -2.28. The number of methoxy groups -OCH3 is 2. The molecule has 3 rings (SSSR count). The minimum absolute atomic E-state index is 0.193. The van der Waals surface area contributed by atoms with E-state index in [0.29, 0.717) is 30.2 Å². The number of hydrogen-bond acceptors (Lipinski definition) is 4. The zero-order chi connectivity index (χ0) is 18.4. The quantitative estimate of drug-likeness (QED) is 0.660. The fraction of sp³-hybridized carbons (Fsp3) is 0.190. The van der Waals surface area contributed by atoms with Gasteiger partial charge in [-0.2, -0.15) is 0 Å². The van der Waals surface area contributed by atoms with E-state index in [1.54, 1.807) is 20.3 Å². The van der Waals surface area contributed by atoms with E-state index in [9.17, 15) is 4.79 Å². The number of carbonyl (C=O) groups excluding carboxylic acids is 1. The van der Waals surface area contributed by atoms with Crippen molar-refractivity contribution in [3.05, 3.63) is 66.2 Å². The Morgan fingerprint density at radius 3 is 2.35 bits per heavy atom. The second-order valence-corrected chi connectivity index (χ2v) is 5.68. The van der Waals surface area contributed by atoms with Crippen LogP contribution >= 0.6 is 0 Å². The summed E-state index contributed by atoms with van der Waals surface area (Å²) in [5.74, 6) is 1.78. The van der Waals surface area contributed by atoms with Crippen molar-refractivity contribution in [2.45, 2.75) is 0 Å². The van der Waals surface area contributed by atoms with Gasteiger partial charge in [0.2, 0.25) is 0 Å². The molecule has 0 aliphatic rings. The van der Waals surface area contributed by atoms with Gasteiger partial charge in [-0.05, 0) is 35.0 Å². The van der Waals surface area contributed by atoms with Crippen LogP contribution in [0.25, 0.3) is 10.8 Å². The van der Waals surface area contributed by atoms with Crippen molar-refractivity contribution >= 4 is 16.7 Å². The summed E-state index contributed by atoms with van der Waals surface area (Å²) in [4.78, 5) is 12.5. The highest BCUT2D eigenvalue weighted by Gasteiger charge is 2.13. The molecule has 5 nitrogen and oxygen atoms in total. The third kappa shape index (κ3) is 4.06. The summed E-state index contributed by atoms with van der Waals surface area (Å²) < 4.78 is 16.2. The van der Waals surface area contributed by atoms with Crippen molar-refractivity contribution in [3.63, 3.8) is 0 Å². The summed E-state index contributed by atoms with van der Waals surface area (Å²) in [6.45, 7) is 0.737. The predicted molar refractivity (Wildman–Crippen MR) is 101 cm³/mol. The van der Waals surface area contributed by atoms with E-state index in [-0.39, 0.29) is 5.91 Å². The number of hydrogen-bond donors (Lipinski definition) is 1. The number of nitrogens with one attached hydrogen (secondary N) is 1. The molecule has 1 N–H and O–H groups in total. The van der Waals surface area contributed by atoms with Gasteiger partial charge in [-0.3, -0.25) is 4.79 Å². The van der Waals surface area contributed by atoms with Crippen molar-refractivity contribution in [1.82, 2.24) is 5.32 Å². The maximum Gasteiger partial charge on any atom is 0.255 e. The van der Waals surface area contributed by atoms with Crippen LogP contribution < -0.4 is 19.5 Å². The maximum absolute atomic E-state index is 12.5. The molecule has 0 radical (unpaired) electrons. The van der Waals surface area contributed by atoms with Crippen LogP contribution in [-0.2, 0) is 0 Å². The first kappa shape index (κ1) is 17.6. The molecule has 0 unspecified atom stereocenters. The Kier molecular flexibility index (Phi) is 5.59. The van der Waals surface area contributed by atoms with Gasteiger partial charge in [0, 0.05) is 6.07 Å². The first-order valence-electron chi connectivity index (χ1n) is 8.33. The largest absolute Gasteiger partial charge is 0.497 e. The van der Waals surface area contributed by atoms with Gasteiger partial charge >= 0.3 is 0 Å². The van der Waals surface area contributed by atoms with E-state index in [1.807, 2.05) is 54.6 Å². The van der Waals surface area contributed by atoms with E-state index in [1.165, 1.54) is 0 Å². The molecule has 1 amide bonds. The SMILES string of the molecule is COc1cccc(OCCNC(=O)c2cc3ccccc3cc2OC)c1. The van der Waals surface area contributed by atoms with Gasteiger partial charge in [-0.25, -0.2) is 0 Å². The zero-order valence-electron chi connectivity index (χ0n) is 14.8. The lowest BCUT2D eigenvalue weighted by molar-refractivity contribution is 0.0944. The Balaban J connectivity index is 1.62. The lowest BCUT2D eigenvalue weighted by Gasteiger charge is -2.12. The molecule has 134 valence electrons. The molecule has 26 heavy (non-hydrogen) atoms. The topological polar surface area (TPSA) is 56.8 Å². The zero-order valence-corrected chi connectivity index (χ0v) is 14.8. The predicted octanol–water partition coefficient (Wildman–Crippen LogP) is 3.67. The molecule has 0 atom stereocenters. The molecule has 0 spiro atoms. The average Bonchev–Trinajstić information content (AvgIpc) is 2.70. The van der Waals surface area contributed by atoms with Gasteiger partial charge in [0.05, 0.1) is 26.3 Å². The standard InChI is InChI=1S/C21H21NO4/c1-24-17-8-5-9-18(14-17)26-11-10-22-21(23)19-12-15-6-3-4-7-16(15)13-20(19)25-2/h3-9,12-14H,10-11H2,1-2H3,(H,22,23). The summed E-state index contributed by atoms with van der Waals surface area (Å²) in [5, 5.41) is 4.88. The maximum atomic E-state index is 12.5. The Morgan fingerprint density at radius 1 is 0.885 bits per heavy atom. The molecule has 0 aromatic heterocycles. The summed E-state index contributed by atoms with van der Waals surface area (Å²) in [7, 11) is 3.17. The van der Waals surface area contributed by atoms with E-state index in [2.05, 4.69) is 5.32 Å². The third-order valence-electron chi connectivity index (χ3n) is 4.01. The number of fused-ring (bicyclic) bond motifs is 1. The summed E-state index contributed by atoms with van der Waals surface area (Å²) in [6.07, 6.45) is 0. The highest BCUT2D eigenvalue weighted by Crippen LogP contribution is 2.25. The van der Waals surface area contributed by atoms with Crippen LogP contribution in [0.2, 0.25) is 0 Å². The number of rotatable bonds is 7. The Morgan fingerprint density at radius 2 is 1.62 bits per heavy atom. The minimum atomic E-state index is -0.193. The van der Waals surface area contributed by atoms with E-state index >= 15 is 0 Å². The van der Waals surface area contributed by atoms with Crippen LogP contribution in [0.4, 0.5) is 0 Å². The van der Waals surface area contributed by atoms with Crippen molar-refractivity contribution in [1.29, 1.82) is 0 Å². The molecule has 0 heterocycles. The molecule has 0 aliphatic carbocycles. The smallest absolute Gasteiger partial charge is 0.255 e. The average molecular weight is 351 g/mol. The van der Waals surface area contributed by atoms with E-state index in [0.717, 1.165) is 16.5 Å². The van der Waals surface area contributed by atoms with Gasteiger partial charge in [-0.1, -0.05) is 30.3 Å². The number of ether oxygens (including phenoxy) is 3. The molecule has 0 fully saturated rings. The molecular weight excluding hydrogens is 330 g/mol. The van der Waals surface area contributed by atoms with E-state index < -0.39 is 0 Å². The molecule has 0 saturated heterocycles. The number of benzene rings is 3. The molecule has 5 heteroatoms. The minimum Gasteiger partial charge on any atom is -0.497 e. The first-order valence-corrected chi connectivity index (χ1v) is 8.33. The second-order valence-electron chi connectivity index (χ2n) is 5.68. The molecule has 0 saturated carbocycles. The van der Waals surface area contributed by atoms with Crippen molar-refractivity contribution in [2.24, 2.45) is 0 Å². The fourth-order valence-corrected chi connectivity index (χ4v) is 2.69. The molecular formula is C21H21NO4. The van der Waals surface area contributed by atoms with Crippen LogP contribution in [-0.4, -0.2) is 33.3 Å². The fourth-order valence-electron chi connectivity index (χ4n) is 2.69. The summed E-state index contributed by atoms with van der Waals surface area (Å²) in [5.41, 5.74) is 0.507. The van der Waals surface area contributed by atoms with Gasteiger partial charge in [0.15, 0.2) is 0 Å². The number of amides is 1. The van der Waals surface area contributed by atoms with Crippen molar-refractivity contribution in [3.8, 4) is 17.2 Å². The van der Waals surface area contributed by atoms with Crippen LogP contribution in [0, 0.1) is 0 Å². The Hall–Kier alpha value is -3.21. The lowest BCUT2D eigenvalue weighted by atomic mass is 10.1. The van der Waals surface area contributed by atoms with E-state index in [4.69, 9.17) is 14.2 Å². The Bertz CT molecular complexity index is 907. The van der Waals surface area contributed by atoms with Gasteiger partial charge in [-0.15, -0.1) is 0 Å². The molecule has 0 aliphatic heterocycles. The summed E-state index contributed by atoms with van der Waals surface area (Å²) >= 11 is 0. The normalized spacial score (nSPS) is 10.4. The van der Waals surface area contributed by atoms with Crippen molar-refractivity contribution < 1.29 is 19.0 Å². The van der Waals surface area contributed by atoms with Crippen molar-refractivity contribution in [2.75, 3.05) is 27.4 Å². The summed E-state index contributed by atoms with van der Waals surface area (Å²) in [6, 6.07) is 18.9. The monoisotopic (exact) mass is 351 g/mol. The van der Waals surface area contributed by atoms with Gasteiger partial charge < -0.3 is 19.5 Å². The van der Waals surface area contributed by atoms with Gasteiger partial charge in [0.25, 0.3) is 5.91 Å². The molecule has 3 aromatic rings. The highest BCUT2D eigenvalue weighted by atomic mass is 16.5. The van der Waals surface area contributed by atoms with Crippen LogP contribution in [0.5, 0.6) is 17.2 Å². The Labute approximate surface area is 152 Å².